The Morgan fingerprint density at radius 2 is 2.15 bits per heavy atom. The molecule has 0 spiro atoms. The van der Waals surface area contributed by atoms with Crippen molar-refractivity contribution in [2.75, 3.05) is 12.8 Å². The summed E-state index contributed by atoms with van der Waals surface area (Å²) >= 11 is 0. The van der Waals surface area contributed by atoms with Gasteiger partial charge in [-0.15, -0.1) is 0 Å². The molecule has 1 aliphatic rings. The molecule has 1 aromatic carbocycles. The quantitative estimate of drug-likeness (QED) is 0.812. The van der Waals surface area contributed by atoms with E-state index < -0.39 is 5.60 Å². The largest absolute Gasteiger partial charge is 0.399 e. The predicted molar refractivity (Wildman–Crippen MR) is 80.1 cm³/mol. The molecular formula is C16H24N2O2. The van der Waals surface area contributed by atoms with Crippen molar-refractivity contribution in [2.24, 2.45) is 0 Å². The first-order valence-corrected chi connectivity index (χ1v) is 7.10. The molecule has 110 valence electrons. The van der Waals surface area contributed by atoms with Crippen molar-refractivity contribution in [1.82, 2.24) is 4.90 Å². The number of carbonyl (C=O) groups excluding carboxylic acids is 1. The second kappa shape index (κ2) is 5.83. The van der Waals surface area contributed by atoms with Crippen LogP contribution in [0.3, 0.4) is 0 Å². The molecule has 20 heavy (non-hydrogen) atoms. The lowest BCUT2D eigenvalue weighted by Crippen LogP contribution is -2.38. The Morgan fingerprint density at radius 3 is 2.70 bits per heavy atom. The van der Waals surface area contributed by atoms with E-state index in [4.69, 9.17) is 10.5 Å². The third kappa shape index (κ3) is 3.97. The summed E-state index contributed by atoms with van der Waals surface area (Å²) in [5.41, 5.74) is 7.21. The number of hydrogen-bond donors (Lipinski definition) is 1. The minimum Gasteiger partial charge on any atom is -0.399 e. The van der Waals surface area contributed by atoms with Gasteiger partial charge in [-0.3, -0.25) is 4.79 Å². The number of nitrogens with zero attached hydrogens (tertiary/aromatic N) is 1. The van der Waals surface area contributed by atoms with E-state index in [2.05, 4.69) is 0 Å². The van der Waals surface area contributed by atoms with Crippen LogP contribution in [0.1, 0.15) is 38.7 Å². The number of carbonyl (C=O) groups is 1. The average Bonchev–Trinajstić information content (AvgIpc) is 3.19. The van der Waals surface area contributed by atoms with Gasteiger partial charge in [-0.2, -0.15) is 0 Å². The third-order valence-electron chi connectivity index (χ3n) is 3.74. The van der Waals surface area contributed by atoms with Gasteiger partial charge in [0, 0.05) is 25.4 Å². The average molecular weight is 276 g/mol. The summed E-state index contributed by atoms with van der Waals surface area (Å²) in [4.78, 5) is 14.5. The van der Waals surface area contributed by atoms with Crippen LogP contribution < -0.4 is 5.73 Å². The number of ether oxygens (including phenoxy) is 1. The van der Waals surface area contributed by atoms with Crippen LogP contribution in [0.5, 0.6) is 0 Å². The zero-order chi connectivity index (χ0) is 14.8. The van der Waals surface area contributed by atoms with Crippen LogP contribution in [0, 0.1) is 0 Å². The Kier molecular flexibility index (Phi) is 4.33. The van der Waals surface area contributed by atoms with Gasteiger partial charge >= 0.3 is 0 Å². The van der Waals surface area contributed by atoms with Crippen LogP contribution >= 0.6 is 0 Å². The lowest BCUT2D eigenvalue weighted by molar-refractivity contribution is -0.137. The first-order chi connectivity index (χ1) is 9.41. The monoisotopic (exact) mass is 276 g/mol. The lowest BCUT2D eigenvalue weighted by atomic mass is 10.0. The van der Waals surface area contributed by atoms with Crippen molar-refractivity contribution in [3.8, 4) is 0 Å². The van der Waals surface area contributed by atoms with Gasteiger partial charge < -0.3 is 15.4 Å². The summed E-state index contributed by atoms with van der Waals surface area (Å²) in [7, 11) is 1.65. The fourth-order valence-corrected chi connectivity index (χ4v) is 2.23. The molecule has 0 unspecified atom stereocenters. The zero-order valence-corrected chi connectivity index (χ0v) is 12.6. The zero-order valence-electron chi connectivity index (χ0n) is 12.6. The van der Waals surface area contributed by atoms with Gasteiger partial charge in [0.25, 0.3) is 0 Å². The first-order valence-electron chi connectivity index (χ1n) is 7.10. The molecule has 0 saturated heterocycles. The van der Waals surface area contributed by atoms with Crippen molar-refractivity contribution in [2.45, 2.75) is 51.3 Å². The van der Waals surface area contributed by atoms with Crippen molar-refractivity contribution in [3.05, 3.63) is 29.8 Å². The summed E-state index contributed by atoms with van der Waals surface area (Å²) < 4.78 is 5.36. The van der Waals surface area contributed by atoms with Crippen LogP contribution in [-0.4, -0.2) is 29.6 Å². The maximum absolute atomic E-state index is 12.5. The number of hydrogen-bond acceptors (Lipinski definition) is 3. The van der Waals surface area contributed by atoms with Crippen LogP contribution in [0.15, 0.2) is 24.3 Å². The smallest absolute Gasteiger partial charge is 0.226 e. The highest BCUT2D eigenvalue weighted by molar-refractivity contribution is 5.78. The highest BCUT2D eigenvalue weighted by atomic mass is 16.5. The summed E-state index contributed by atoms with van der Waals surface area (Å²) in [5.74, 6) is 0.154. The van der Waals surface area contributed by atoms with E-state index in [-0.39, 0.29) is 5.91 Å². The third-order valence-corrected chi connectivity index (χ3v) is 3.74. The molecule has 0 radical (unpaired) electrons. The molecule has 1 saturated carbocycles. The fraction of sp³-hybridized carbons (Fsp3) is 0.562. The molecule has 4 nitrogen and oxygen atoms in total. The molecular weight excluding hydrogens is 252 g/mol. The summed E-state index contributed by atoms with van der Waals surface area (Å²) in [6, 6.07) is 8.13. The number of nitrogen functional groups attached to an aromatic ring is 1. The number of nitrogens with two attached hydrogens (primary N) is 1. The SMILES string of the molecule is COC(C)(C)CC(=O)N(Cc1cccc(N)c1)C1CC1. The molecule has 2 rings (SSSR count). The predicted octanol–water partition coefficient (Wildman–Crippen LogP) is 2.57. The highest BCUT2D eigenvalue weighted by Gasteiger charge is 2.34. The van der Waals surface area contributed by atoms with E-state index in [9.17, 15) is 4.79 Å². The second-order valence-corrected chi connectivity index (χ2v) is 6.14. The van der Waals surface area contributed by atoms with Gasteiger partial charge in [0.1, 0.15) is 0 Å². The van der Waals surface area contributed by atoms with E-state index in [1.807, 2.05) is 43.0 Å². The highest BCUT2D eigenvalue weighted by Crippen LogP contribution is 2.30. The van der Waals surface area contributed by atoms with Gasteiger partial charge in [-0.25, -0.2) is 0 Å². The van der Waals surface area contributed by atoms with Crippen LogP contribution in [0.4, 0.5) is 5.69 Å². The molecule has 0 aliphatic heterocycles. The number of rotatable bonds is 6. The van der Waals surface area contributed by atoms with Gasteiger partial charge in [0.05, 0.1) is 12.0 Å². The molecule has 1 aromatic rings. The lowest BCUT2D eigenvalue weighted by Gasteiger charge is -2.28. The van der Waals surface area contributed by atoms with E-state index in [1.54, 1.807) is 7.11 Å². The molecule has 1 aliphatic carbocycles. The molecule has 0 atom stereocenters. The normalized spacial score (nSPS) is 15.2. The summed E-state index contributed by atoms with van der Waals surface area (Å²) in [6.45, 7) is 4.52. The minimum absolute atomic E-state index is 0.154. The van der Waals surface area contributed by atoms with Crippen LogP contribution in [-0.2, 0) is 16.1 Å². The van der Waals surface area contributed by atoms with Crippen LogP contribution in [0.25, 0.3) is 0 Å². The molecule has 0 heterocycles. The molecule has 0 bridgehead atoms. The van der Waals surface area contributed by atoms with Crippen LogP contribution in [0.2, 0.25) is 0 Å². The number of methoxy groups -OCH3 is 1. The first kappa shape index (κ1) is 14.9. The second-order valence-electron chi connectivity index (χ2n) is 6.14. The Hall–Kier alpha value is -1.55. The van der Waals surface area contributed by atoms with E-state index in [0.29, 0.717) is 19.0 Å². The number of anilines is 1. The maximum atomic E-state index is 12.5. The number of amides is 1. The van der Waals surface area contributed by atoms with Crippen molar-refractivity contribution >= 4 is 11.6 Å². The summed E-state index contributed by atoms with van der Waals surface area (Å²) in [6.07, 6.45) is 2.60. The minimum atomic E-state index is -0.417. The Morgan fingerprint density at radius 1 is 1.45 bits per heavy atom. The standard InChI is InChI=1S/C16H24N2O2/c1-16(2,20-3)10-15(19)18(14-7-8-14)11-12-5-4-6-13(17)9-12/h4-6,9,14H,7-8,10-11,17H2,1-3H3. The Labute approximate surface area is 120 Å². The Balaban J connectivity index is 2.06. The molecule has 0 aromatic heterocycles. The molecule has 1 fully saturated rings. The summed E-state index contributed by atoms with van der Waals surface area (Å²) in [5, 5.41) is 0. The van der Waals surface area contributed by atoms with Crippen molar-refractivity contribution in [1.29, 1.82) is 0 Å². The van der Waals surface area contributed by atoms with Gasteiger partial charge in [0.2, 0.25) is 5.91 Å². The molecule has 2 N–H and O–H groups in total. The van der Waals surface area contributed by atoms with Gasteiger partial charge in [0.15, 0.2) is 0 Å². The Bertz CT molecular complexity index is 481. The van der Waals surface area contributed by atoms with Crippen molar-refractivity contribution in [3.63, 3.8) is 0 Å². The number of benzene rings is 1. The van der Waals surface area contributed by atoms with E-state index in [0.717, 1.165) is 24.1 Å². The maximum Gasteiger partial charge on any atom is 0.226 e. The van der Waals surface area contributed by atoms with Crippen molar-refractivity contribution < 1.29 is 9.53 Å². The molecule has 1 amide bonds. The van der Waals surface area contributed by atoms with Gasteiger partial charge in [-0.05, 0) is 44.4 Å². The molecule has 4 heteroatoms. The van der Waals surface area contributed by atoms with E-state index in [1.165, 1.54) is 0 Å². The topological polar surface area (TPSA) is 55.6 Å². The van der Waals surface area contributed by atoms with E-state index >= 15 is 0 Å². The van der Waals surface area contributed by atoms with Gasteiger partial charge in [-0.1, -0.05) is 12.1 Å². The fourth-order valence-electron chi connectivity index (χ4n) is 2.23.